The highest BCUT2D eigenvalue weighted by Crippen LogP contribution is 2.31. The monoisotopic (exact) mass is 249 g/mol. The molecule has 0 saturated heterocycles. The Hall–Kier alpha value is -1.70. The number of nitrogens with one attached hydrogen (secondary N) is 1. The Morgan fingerprint density at radius 1 is 1.31 bits per heavy atom. The minimum absolute atomic E-state index is 0.569. The molecule has 0 saturated carbocycles. The van der Waals surface area contributed by atoms with Gasteiger partial charge in [0, 0.05) is 0 Å². The summed E-state index contributed by atoms with van der Waals surface area (Å²) >= 11 is 7.24. The fourth-order valence-electron chi connectivity index (χ4n) is 1.25. The summed E-state index contributed by atoms with van der Waals surface area (Å²) in [5.74, 6) is 0. The minimum Gasteiger partial charge on any atom is -0.397 e. The van der Waals surface area contributed by atoms with Crippen LogP contribution in [0.5, 0.6) is 0 Å². The summed E-state index contributed by atoms with van der Waals surface area (Å²) in [7, 11) is 0. The second-order valence-corrected chi connectivity index (χ2v) is 4.86. The number of hydrogen-bond acceptors (Lipinski definition) is 4. The zero-order chi connectivity index (χ0) is 11.5. The molecule has 0 aliphatic rings. The summed E-state index contributed by atoms with van der Waals surface area (Å²) in [6, 6.07) is 10.8. The van der Waals surface area contributed by atoms with Crippen molar-refractivity contribution in [3.8, 4) is 6.07 Å². The number of anilines is 3. The Kier molecular flexibility index (Phi) is 3.00. The Labute approximate surface area is 102 Å². The first kappa shape index (κ1) is 10.8. The molecular weight excluding hydrogens is 242 g/mol. The number of nitriles is 1. The van der Waals surface area contributed by atoms with Crippen LogP contribution in [0, 0.1) is 11.3 Å². The second kappa shape index (κ2) is 4.44. The largest absolute Gasteiger partial charge is 0.397 e. The van der Waals surface area contributed by atoms with Gasteiger partial charge in [0.1, 0.15) is 0 Å². The van der Waals surface area contributed by atoms with Crippen molar-refractivity contribution in [2.24, 2.45) is 0 Å². The molecular formula is C11H8ClN3S. The van der Waals surface area contributed by atoms with Gasteiger partial charge in [0.05, 0.1) is 32.3 Å². The van der Waals surface area contributed by atoms with Crippen LogP contribution in [0.2, 0.25) is 4.34 Å². The van der Waals surface area contributed by atoms with Gasteiger partial charge in [-0.05, 0) is 30.3 Å². The number of hydrogen-bond donors (Lipinski definition) is 2. The average molecular weight is 250 g/mol. The Balaban J connectivity index is 2.30. The smallest absolute Gasteiger partial charge is 0.0992 e. The zero-order valence-electron chi connectivity index (χ0n) is 8.20. The van der Waals surface area contributed by atoms with Crippen molar-refractivity contribution in [3.63, 3.8) is 0 Å². The molecule has 0 aliphatic heterocycles. The van der Waals surface area contributed by atoms with E-state index in [0.29, 0.717) is 15.6 Å². The highest BCUT2D eigenvalue weighted by Gasteiger charge is 2.03. The summed E-state index contributed by atoms with van der Waals surface area (Å²) in [6.45, 7) is 0. The number of benzene rings is 1. The lowest BCUT2D eigenvalue weighted by Crippen LogP contribution is -1.95. The average Bonchev–Trinajstić information content (AvgIpc) is 2.67. The molecule has 0 unspecified atom stereocenters. The van der Waals surface area contributed by atoms with E-state index < -0.39 is 0 Å². The molecule has 1 heterocycles. The molecule has 0 amide bonds. The summed E-state index contributed by atoms with van der Waals surface area (Å²) in [6.07, 6.45) is 0. The highest BCUT2D eigenvalue weighted by molar-refractivity contribution is 7.19. The van der Waals surface area contributed by atoms with Crippen LogP contribution in [0.25, 0.3) is 0 Å². The van der Waals surface area contributed by atoms with Crippen molar-refractivity contribution in [3.05, 3.63) is 40.2 Å². The zero-order valence-corrected chi connectivity index (χ0v) is 9.77. The molecule has 3 N–H and O–H groups in total. The Morgan fingerprint density at radius 2 is 2.12 bits per heavy atom. The number of nitrogen functional groups attached to an aromatic ring is 1. The highest BCUT2D eigenvalue weighted by atomic mass is 35.5. The van der Waals surface area contributed by atoms with Gasteiger partial charge in [0.2, 0.25) is 0 Å². The maximum absolute atomic E-state index is 8.79. The molecule has 0 atom stereocenters. The van der Waals surface area contributed by atoms with Gasteiger partial charge >= 0.3 is 0 Å². The van der Waals surface area contributed by atoms with Gasteiger partial charge in [0.25, 0.3) is 0 Å². The number of nitrogens with two attached hydrogens (primary N) is 1. The van der Waals surface area contributed by atoms with Gasteiger partial charge in [0.15, 0.2) is 0 Å². The molecule has 0 spiro atoms. The van der Waals surface area contributed by atoms with E-state index in [-0.39, 0.29) is 0 Å². The minimum atomic E-state index is 0.569. The van der Waals surface area contributed by atoms with Crippen LogP contribution < -0.4 is 11.1 Å². The molecule has 80 valence electrons. The van der Waals surface area contributed by atoms with E-state index in [1.54, 1.807) is 24.3 Å². The maximum Gasteiger partial charge on any atom is 0.0992 e. The van der Waals surface area contributed by atoms with E-state index >= 15 is 0 Å². The molecule has 1 aromatic heterocycles. The summed E-state index contributed by atoms with van der Waals surface area (Å²) in [5, 5.41) is 12.8. The van der Waals surface area contributed by atoms with Crippen molar-refractivity contribution >= 4 is 39.3 Å². The van der Waals surface area contributed by atoms with Gasteiger partial charge in [-0.1, -0.05) is 11.6 Å². The fraction of sp³-hybridized carbons (Fsp3) is 0. The number of nitrogens with zero attached hydrogens (tertiary/aromatic N) is 1. The van der Waals surface area contributed by atoms with Crippen LogP contribution in [0.1, 0.15) is 5.56 Å². The molecule has 0 bridgehead atoms. The third kappa shape index (κ3) is 2.27. The van der Waals surface area contributed by atoms with Gasteiger partial charge in [-0.25, -0.2) is 0 Å². The van der Waals surface area contributed by atoms with E-state index in [0.717, 1.165) is 10.7 Å². The van der Waals surface area contributed by atoms with Gasteiger partial charge < -0.3 is 11.1 Å². The van der Waals surface area contributed by atoms with Gasteiger partial charge in [-0.15, -0.1) is 11.3 Å². The predicted molar refractivity (Wildman–Crippen MR) is 68.2 cm³/mol. The van der Waals surface area contributed by atoms with Crippen molar-refractivity contribution in [1.29, 1.82) is 5.26 Å². The van der Waals surface area contributed by atoms with Crippen LogP contribution in [-0.4, -0.2) is 0 Å². The molecule has 2 rings (SSSR count). The van der Waals surface area contributed by atoms with E-state index in [1.807, 2.05) is 6.07 Å². The van der Waals surface area contributed by atoms with E-state index in [1.165, 1.54) is 11.3 Å². The lowest BCUT2D eigenvalue weighted by Gasteiger charge is -2.07. The SMILES string of the molecule is N#Cc1ccc(N)c(Nc2ccc(Cl)s2)c1. The molecule has 0 aliphatic carbocycles. The van der Waals surface area contributed by atoms with Crippen LogP contribution >= 0.6 is 22.9 Å². The van der Waals surface area contributed by atoms with E-state index in [4.69, 9.17) is 22.6 Å². The molecule has 0 fully saturated rings. The number of rotatable bonds is 2. The quantitative estimate of drug-likeness (QED) is 0.800. The van der Waals surface area contributed by atoms with Crippen molar-refractivity contribution in [2.75, 3.05) is 11.1 Å². The van der Waals surface area contributed by atoms with Crippen LogP contribution in [0.15, 0.2) is 30.3 Å². The fourth-order valence-corrected chi connectivity index (χ4v) is 2.20. The molecule has 2 aromatic rings. The topological polar surface area (TPSA) is 61.8 Å². The lowest BCUT2D eigenvalue weighted by molar-refractivity contribution is 1.48. The van der Waals surface area contributed by atoms with Crippen molar-refractivity contribution in [1.82, 2.24) is 0 Å². The first-order valence-electron chi connectivity index (χ1n) is 4.51. The number of thiophene rings is 1. The van der Waals surface area contributed by atoms with E-state index in [9.17, 15) is 0 Å². The standard InChI is InChI=1S/C11H8ClN3S/c12-10-3-4-11(16-10)15-9-5-7(6-13)1-2-8(9)14/h1-5,15H,14H2. The van der Waals surface area contributed by atoms with E-state index in [2.05, 4.69) is 11.4 Å². The molecule has 16 heavy (non-hydrogen) atoms. The van der Waals surface area contributed by atoms with Crippen molar-refractivity contribution in [2.45, 2.75) is 0 Å². The normalized spacial score (nSPS) is 9.75. The molecule has 3 nitrogen and oxygen atoms in total. The van der Waals surface area contributed by atoms with Gasteiger partial charge in [-0.2, -0.15) is 5.26 Å². The Morgan fingerprint density at radius 3 is 2.75 bits per heavy atom. The molecule has 1 aromatic carbocycles. The summed E-state index contributed by atoms with van der Waals surface area (Å²) < 4.78 is 0.706. The van der Waals surface area contributed by atoms with Gasteiger partial charge in [-0.3, -0.25) is 0 Å². The summed E-state index contributed by atoms with van der Waals surface area (Å²) in [4.78, 5) is 0. The first-order valence-corrected chi connectivity index (χ1v) is 5.70. The maximum atomic E-state index is 8.79. The molecule has 0 radical (unpaired) electrons. The predicted octanol–water partition coefficient (Wildman–Crippen LogP) is 3.60. The second-order valence-electron chi connectivity index (χ2n) is 3.14. The lowest BCUT2D eigenvalue weighted by atomic mass is 10.2. The summed E-state index contributed by atoms with van der Waals surface area (Å²) in [5.41, 5.74) is 7.69. The first-order chi connectivity index (χ1) is 7.69. The third-order valence-electron chi connectivity index (χ3n) is 2.01. The van der Waals surface area contributed by atoms with Crippen LogP contribution in [0.3, 0.4) is 0 Å². The number of halogens is 1. The van der Waals surface area contributed by atoms with Crippen LogP contribution in [0.4, 0.5) is 16.4 Å². The van der Waals surface area contributed by atoms with Crippen molar-refractivity contribution < 1.29 is 0 Å². The molecule has 5 heteroatoms. The Bertz CT molecular complexity index is 557. The van der Waals surface area contributed by atoms with Crippen LogP contribution in [-0.2, 0) is 0 Å². The third-order valence-corrected chi connectivity index (χ3v) is 3.16.